The summed E-state index contributed by atoms with van der Waals surface area (Å²) >= 11 is 0. The van der Waals surface area contributed by atoms with Gasteiger partial charge in [-0.3, -0.25) is 4.79 Å². The predicted octanol–water partition coefficient (Wildman–Crippen LogP) is 2.34. The Bertz CT molecular complexity index is 355. The van der Waals surface area contributed by atoms with Gasteiger partial charge < -0.3 is 10.4 Å². The van der Waals surface area contributed by atoms with Crippen LogP contribution in [0.3, 0.4) is 0 Å². The second-order valence-corrected chi connectivity index (χ2v) is 3.63. The third-order valence-electron chi connectivity index (χ3n) is 2.30. The molecule has 3 nitrogen and oxygen atoms in total. The Balaban J connectivity index is 2.82. The quantitative estimate of drug-likeness (QED) is 0.781. The lowest BCUT2D eigenvalue weighted by atomic mass is 10.0. The van der Waals surface area contributed by atoms with Crippen LogP contribution in [0.5, 0.6) is 0 Å². The smallest absolute Gasteiger partial charge is 0.305 e. The number of carboxylic acid groups (broad SMARTS) is 1. The number of aliphatic carboxylic acids is 1. The lowest BCUT2D eigenvalue weighted by Gasteiger charge is -2.17. The fraction of sp³-hybridized carbons (Fsp3) is 0.417. The van der Waals surface area contributed by atoms with E-state index in [1.807, 2.05) is 6.92 Å². The van der Waals surface area contributed by atoms with Gasteiger partial charge in [0.05, 0.1) is 6.42 Å². The van der Waals surface area contributed by atoms with E-state index in [4.69, 9.17) is 5.11 Å². The topological polar surface area (TPSA) is 49.3 Å². The number of halogens is 1. The highest BCUT2D eigenvalue weighted by Crippen LogP contribution is 2.19. The third-order valence-corrected chi connectivity index (χ3v) is 2.30. The van der Waals surface area contributed by atoms with Gasteiger partial charge in [-0.1, -0.05) is 25.1 Å². The highest BCUT2D eigenvalue weighted by atomic mass is 19.1. The van der Waals surface area contributed by atoms with E-state index in [1.165, 1.54) is 6.07 Å². The summed E-state index contributed by atoms with van der Waals surface area (Å²) in [4.78, 5) is 10.7. The standard InChI is InChI=1S/C12H16FNO2/c1-2-7-14-11(8-12(15)16)9-5-3-4-6-10(9)13/h3-6,11,14H,2,7-8H2,1H3,(H,15,16). The molecular formula is C12H16FNO2. The van der Waals surface area contributed by atoms with Crippen molar-refractivity contribution in [3.8, 4) is 0 Å². The van der Waals surface area contributed by atoms with Crippen LogP contribution in [0.15, 0.2) is 24.3 Å². The fourth-order valence-corrected chi connectivity index (χ4v) is 1.54. The molecule has 88 valence electrons. The van der Waals surface area contributed by atoms with Gasteiger partial charge in [0.25, 0.3) is 0 Å². The average molecular weight is 225 g/mol. The van der Waals surface area contributed by atoms with Crippen molar-refractivity contribution in [3.05, 3.63) is 35.6 Å². The van der Waals surface area contributed by atoms with Crippen molar-refractivity contribution in [3.63, 3.8) is 0 Å². The number of rotatable bonds is 6. The molecule has 4 heteroatoms. The fourth-order valence-electron chi connectivity index (χ4n) is 1.54. The van der Waals surface area contributed by atoms with Crippen molar-refractivity contribution in [2.75, 3.05) is 6.54 Å². The van der Waals surface area contributed by atoms with Crippen molar-refractivity contribution in [1.82, 2.24) is 5.32 Å². The zero-order chi connectivity index (χ0) is 12.0. The van der Waals surface area contributed by atoms with E-state index in [0.29, 0.717) is 12.1 Å². The summed E-state index contributed by atoms with van der Waals surface area (Å²) in [6.07, 6.45) is 0.769. The highest BCUT2D eigenvalue weighted by Gasteiger charge is 2.17. The molecule has 1 unspecified atom stereocenters. The molecule has 1 aromatic rings. The number of nitrogens with one attached hydrogen (secondary N) is 1. The Kier molecular flexibility index (Phi) is 4.92. The summed E-state index contributed by atoms with van der Waals surface area (Å²) in [5.41, 5.74) is 0.415. The van der Waals surface area contributed by atoms with Crippen LogP contribution in [-0.4, -0.2) is 17.6 Å². The van der Waals surface area contributed by atoms with Gasteiger partial charge in [0, 0.05) is 11.6 Å². The van der Waals surface area contributed by atoms with Crippen molar-refractivity contribution < 1.29 is 14.3 Å². The molecular weight excluding hydrogens is 209 g/mol. The van der Waals surface area contributed by atoms with Crippen LogP contribution in [0.2, 0.25) is 0 Å². The van der Waals surface area contributed by atoms with Crippen LogP contribution in [0.1, 0.15) is 31.4 Å². The molecule has 0 saturated heterocycles. The molecule has 1 rings (SSSR count). The molecule has 0 radical (unpaired) electrons. The SMILES string of the molecule is CCCNC(CC(=O)O)c1ccccc1F. The first-order chi connectivity index (χ1) is 7.65. The Hall–Kier alpha value is -1.42. The van der Waals surface area contributed by atoms with E-state index in [1.54, 1.807) is 18.2 Å². The van der Waals surface area contributed by atoms with E-state index < -0.39 is 12.0 Å². The van der Waals surface area contributed by atoms with Gasteiger partial charge in [-0.2, -0.15) is 0 Å². The summed E-state index contributed by atoms with van der Waals surface area (Å²) in [5.74, 6) is -1.30. The van der Waals surface area contributed by atoms with Gasteiger partial charge in [0.1, 0.15) is 5.82 Å². The number of carboxylic acids is 1. The second-order valence-electron chi connectivity index (χ2n) is 3.63. The maximum absolute atomic E-state index is 13.5. The normalized spacial score (nSPS) is 12.4. The average Bonchev–Trinajstić information content (AvgIpc) is 2.24. The van der Waals surface area contributed by atoms with E-state index in [0.717, 1.165) is 6.42 Å². The molecule has 0 heterocycles. The van der Waals surface area contributed by atoms with Crippen molar-refractivity contribution in [2.45, 2.75) is 25.8 Å². The molecule has 0 aromatic heterocycles. The molecule has 16 heavy (non-hydrogen) atoms. The van der Waals surface area contributed by atoms with E-state index >= 15 is 0 Å². The molecule has 0 spiro atoms. The first kappa shape index (κ1) is 12.6. The molecule has 2 N–H and O–H groups in total. The van der Waals surface area contributed by atoms with E-state index in [-0.39, 0.29) is 12.2 Å². The maximum Gasteiger partial charge on any atom is 0.305 e. The second kappa shape index (κ2) is 6.23. The number of hydrogen-bond acceptors (Lipinski definition) is 2. The van der Waals surface area contributed by atoms with Crippen molar-refractivity contribution in [1.29, 1.82) is 0 Å². The monoisotopic (exact) mass is 225 g/mol. The maximum atomic E-state index is 13.5. The minimum atomic E-state index is -0.933. The summed E-state index contributed by atoms with van der Waals surface area (Å²) in [7, 11) is 0. The lowest BCUT2D eigenvalue weighted by Crippen LogP contribution is -2.25. The zero-order valence-electron chi connectivity index (χ0n) is 9.24. The van der Waals surface area contributed by atoms with Crippen LogP contribution >= 0.6 is 0 Å². The molecule has 0 amide bonds. The molecule has 1 aromatic carbocycles. The highest BCUT2D eigenvalue weighted by molar-refractivity contribution is 5.68. The van der Waals surface area contributed by atoms with Gasteiger partial charge in [0.2, 0.25) is 0 Å². The number of carbonyl (C=O) groups is 1. The predicted molar refractivity (Wildman–Crippen MR) is 59.7 cm³/mol. The van der Waals surface area contributed by atoms with Crippen molar-refractivity contribution >= 4 is 5.97 Å². The summed E-state index contributed by atoms with van der Waals surface area (Å²) < 4.78 is 13.5. The van der Waals surface area contributed by atoms with Gasteiger partial charge in [-0.05, 0) is 19.0 Å². The first-order valence-electron chi connectivity index (χ1n) is 5.34. The lowest BCUT2D eigenvalue weighted by molar-refractivity contribution is -0.137. The van der Waals surface area contributed by atoms with Crippen LogP contribution in [0, 0.1) is 5.82 Å². The summed E-state index contributed by atoms with van der Waals surface area (Å²) in [5, 5.41) is 11.8. The molecule has 0 saturated carbocycles. The van der Waals surface area contributed by atoms with Gasteiger partial charge in [-0.15, -0.1) is 0 Å². The third kappa shape index (κ3) is 3.62. The Morgan fingerprint density at radius 3 is 2.75 bits per heavy atom. The molecule has 0 aliphatic rings. The van der Waals surface area contributed by atoms with Crippen LogP contribution in [0.25, 0.3) is 0 Å². The van der Waals surface area contributed by atoms with E-state index in [9.17, 15) is 9.18 Å². The van der Waals surface area contributed by atoms with Crippen LogP contribution in [-0.2, 0) is 4.79 Å². The molecule has 0 aliphatic heterocycles. The molecule has 0 fully saturated rings. The van der Waals surface area contributed by atoms with Crippen LogP contribution < -0.4 is 5.32 Å². The minimum absolute atomic E-state index is 0.110. The Morgan fingerprint density at radius 2 is 2.19 bits per heavy atom. The van der Waals surface area contributed by atoms with Crippen molar-refractivity contribution in [2.24, 2.45) is 0 Å². The van der Waals surface area contributed by atoms with Crippen LogP contribution in [0.4, 0.5) is 4.39 Å². The largest absolute Gasteiger partial charge is 0.481 e. The minimum Gasteiger partial charge on any atom is -0.481 e. The Labute approximate surface area is 94.3 Å². The first-order valence-corrected chi connectivity index (χ1v) is 5.34. The number of hydrogen-bond donors (Lipinski definition) is 2. The summed E-state index contributed by atoms with van der Waals surface area (Å²) in [6.45, 7) is 2.65. The Morgan fingerprint density at radius 1 is 1.50 bits per heavy atom. The molecule has 0 aliphatic carbocycles. The van der Waals surface area contributed by atoms with Gasteiger partial charge in [-0.25, -0.2) is 4.39 Å². The number of benzene rings is 1. The molecule has 1 atom stereocenters. The van der Waals surface area contributed by atoms with Gasteiger partial charge >= 0.3 is 5.97 Å². The molecule has 0 bridgehead atoms. The van der Waals surface area contributed by atoms with Gasteiger partial charge in [0.15, 0.2) is 0 Å². The zero-order valence-corrected chi connectivity index (χ0v) is 9.24. The summed E-state index contributed by atoms with van der Waals surface area (Å²) in [6, 6.07) is 5.81. The van der Waals surface area contributed by atoms with E-state index in [2.05, 4.69) is 5.32 Å².